The minimum absolute atomic E-state index is 0.0880. The minimum atomic E-state index is -4.66. The molecule has 0 radical (unpaired) electrons. The molecule has 1 amide bonds. The normalized spacial score (nSPS) is 16.6. The zero-order valence-corrected chi connectivity index (χ0v) is 17.1. The molecule has 1 aliphatic heterocycles. The first kappa shape index (κ1) is 21.0. The molecule has 1 fully saturated rings. The quantitative estimate of drug-likeness (QED) is 0.678. The number of amides is 1. The number of halogens is 3. The van der Waals surface area contributed by atoms with Crippen molar-refractivity contribution < 1.29 is 18.0 Å². The molecule has 0 spiro atoms. The van der Waals surface area contributed by atoms with Gasteiger partial charge in [0.25, 0.3) is 5.82 Å². The van der Waals surface area contributed by atoms with E-state index in [0.29, 0.717) is 37.6 Å². The zero-order valence-electron chi connectivity index (χ0n) is 17.1. The van der Waals surface area contributed by atoms with E-state index in [9.17, 15) is 18.0 Å². The molecule has 1 atom stereocenters. The van der Waals surface area contributed by atoms with E-state index in [2.05, 4.69) is 15.3 Å². The number of aromatic nitrogens is 4. The van der Waals surface area contributed by atoms with Crippen LogP contribution in [-0.4, -0.2) is 56.8 Å². The number of fused-ring (bicyclic) bond motifs is 1. The van der Waals surface area contributed by atoms with Crippen LogP contribution in [-0.2, 0) is 11.0 Å². The van der Waals surface area contributed by atoms with Crippen molar-refractivity contribution in [2.24, 2.45) is 5.73 Å². The fourth-order valence-electron chi connectivity index (χ4n) is 3.97. The first-order valence-electron chi connectivity index (χ1n) is 9.81. The molecule has 164 valence electrons. The molecule has 0 bridgehead atoms. The number of anilines is 1. The first-order chi connectivity index (χ1) is 14.7. The summed E-state index contributed by atoms with van der Waals surface area (Å²) in [5.74, 6) is -1.14. The molecule has 31 heavy (non-hydrogen) atoms. The summed E-state index contributed by atoms with van der Waals surface area (Å²) in [5, 5.41) is 11.2. The number of primary amides is 1. The lowest BCUT2D eigenvalue weighted by Crippen LogP contribution is -2.50. The molecule has 0 saturated carbocycles. The van der Waals surface area contributed by atoms with Crippen LogP contribution in [0.2, 0.25) is 0 Å². The zero-order chi connectivity index (χ0) is 22.3. The Kier molecular flexibility index (Phi) is 5.29. The molecule has 2 N–H and O–H groups in total. The largest absolute Gasteiger partial charge is 0.453 e. The average molecular weight is 433 g/mol. The van der Waals surface area contributed by atoms with Crippen LogP contribution in [0.3, 0.4) is 0 Å². The predicted molar refractivity (Wildman–Crippen MR) is 107 cm³/mol. The fourth-order valence-corrected chi connectivity index (χ4v) is 3.97. The molecule has 4 rings (SSSR count). The SMILES string of the molecule is Cc1c(N2CCN(C(C(N)=O)c3ccccc3)CC2)nn2c(C(F)(F)F)nnc2c1C. The van der Waals surface area contributed by atoms with Gasteiger partial charge in [0.2, 0.25) is 5.91 Å². The molecule has 8 nitrogen and oxygen atoms in total. The highest BCUT2D eigenvalue weighted by molar-refractivity contribution is 5.81. The highest BCUT2D eigenvalue weighted by Gasteiger charge is 2.38. The van der Waals surface area contributed by atoms with Crippen molar-refractivity contribution in [3.8, 4) is 0 Å². The monoisotopic (exact) mass is 433 g/mol. The van der Waals surface area contributed by atoms with Crippen LogP contribution in [0.5, 0.6) is 0 Å². The fraction of sp³-hybridized carbons (Fsp3) is 0.400. The number of hydrogen-bond donors (Lipinski definition) is 1. The number of hydrogen-bond acceptors (Lipinski definition) is 6. The standard InChI is InChI=1S/C20H22F3N7O/c1-12-13(2)18(27-30-17(12)25-26-19(30)20(21,22)23)29-10-8-28(9-11-29)15(16(24)31)14-6-4-3-5-7-14/h3-7,15H,8-11H2,1-2H3,(H2,24,31). The third kappa shape index (κ3) is 3.80. The van der Waals surface area contributed by atoms with Crippen molar-refractivity contribution in [1.29, 1.82) is 0 Å². The molecule has 3 aromatic rings. The van der Waals surface area contributed by atoms with Crippen molar-refractivity contribution in [2.45, 2.75) is 26.1 Å². The summed E-state index contributed by atoms with van der Waals surface area (Å²) in [6, 6.07) is 8.72. The molecule has 2 aromatic heterocycles. The topological polar surface area (TPSA) is 92.7 Å². The smallest absolute Gasteiger partial charge is 0.368 e. The Morgan fingerprint density at radius 2 is 1.68 bits per heavy atom. The molecular formula is C20H22F3N7O. The molecule has 1 aliphatic rings. The highest BCUT2D eigenvalue weighted by Crippen LogP contribution is 2.31. The van der Waals surface area contributed by atoms with Gasteiger partial charge in [0, 0.05) is 37.3 Å². The Morgan fingerprint density at radius 1 is 1.03 bits per heavy atom. The number of carbonyl (C=O) groups is 1. The van der Waals surface area contributed by atoms with Gasteiger partial charge in [-0.3, -0.25) is 9.69 Å². The molecule has 1 aromatic carbocycles. The van der Waals surface area contributed by atoms with Gasteiger partial charge in [0.1, 0.15) is 6.04 Å². The van der Waals surface area contributed by atoms with E-state index in [1.807, 2.05) is 47.1 Å². The van der Waals surface area contributed by atoms with E-state index in [0.717, 1.165) is 15.6 Å². The maximum Gasteiger partial charge on any atom is 0.453 e. The summed E-state index contributed by atoms with van der Waals surface area (Å²) in [4.78, 5) is 16.0. The van der Waals surface area contributed by atoms with Gasteiger partial charge in [-0.1, -0.05) is 30.3 Å². The number of nitrogens with two attached hydrogens (primary N) is 1. The van der Waals surface area contributed by atoms with Crippen LogP contribution in [0.1, 0.15) is 28.6 Å². The van der Waals surface area contributed by atoms with Gasteiger partial charge in [-0.15, -0.1) is 15.3 Å². The number of benzene rings is 1. The highest BCUT2D eigenvalue weighted by atomic mass is 19.4. The Bertz CT molecular complexity index is 1110. The Labute approximate surface area is 176 Å². The van der Waals surface area contributed by atoms with E-state index in [1.165, 1.54) is 0 Å². The summed E-state index contributed by atoms with van der Waals surface area (Å²) >= 11 is 0. The first-order valence-corrected chi connectivity index (χ1v) is 9.81. The second-order valence-electron chi connectivity index (χ2n) is 7.57. The number of rotatable bonds is 4. The van der Waals surface area contributed by atoms with Crippen molar-refractivity contribution in [3.63, 3.8) is 0 Å². The lowest BCUT2D eigenvalue weighted by Gasteiger charge is -2.39. The van der Waals surface area contributed by atoms with Crippen molar-refractivity contribution in [3.05, 3.63) is 52.8 Å². The third-order valence-electron chi connectivity index (χ3n) is 5.69. The molecule has 11 heteroatoms. The minimum Gasteiger partial charge on any atom is -0.368 e. The van der Waals surface area contributed by atoms with E-state index in [1.54, 1.807) is 6.92 Å². The van der Waals surface area contributed by atoms with Gasteiger partial charge in [-0.25, -0.2) is 0 Å². The Hall–Kier alpha value is -3.21. The maximum absolute atomic E-state index is 13.3. The predicted octanol–water partition coefficient (Wildman–Crippen LogP) is 2.11. The van der Waals surface area contributed by atoms with Gasteiger partial charge in [-0.2, -0.15) is 17.7 Å². The summed E-state index contributed by atoms with van der Waals surface area (Å²) in [6.45, 7) is 5.50. The van der Waals surface area contributed by atoms with Gasteiger partial charge in [-0.05, 0) is 19.4 Å². The summed E-state index contributed by atoms with van der Waals surface area (Å²) < 4.78 is 40.7. The lowest BCUT2D eigenvalue weighted by molar-refractivity contribution is -0.146. The molecule has 1 saturated heterocycles. The summed E-state index contributed by atoms with van der Waals surface area (Å²) in [7, 11) is 0. The van der Waals surface area contributed by atoms with E-state index in [4.69, 9.17) is 5.73 Å². The summed E-state index contributed by atoms with van der Waals surface area (Å²) in [6.07, 6.45) is -4.66. The number of nitrogens with zero attached hydrogens (tertiary/aromatic N) is 6. The third-order valence-corrected chi connectivity index (χ3v) is 5.69. The van der Waals surface area contributed by atoms with Crippen LogP contribution in [0.15, 0.2) is 30.3 Å². The van der Waals surface area contributed by atoms with E-state index >= 15 is 0 Å². The maximum atomic E-state index is 13.3. The second-order valence-corrected chi connectivity index (χ2v) is 7.57. The Balaban J connectivity index is 1.61. The van der Waals surface area contributed by atoms with Crippen molar-refractivity contribution in [1.82, 2.24) is 24.7 Å². The molecule has 3 heterocycles. The van der Waals surface area contributed by atoms with Crippen LogP contribution < -0.4 is 10.6 Å². The lowest BCUT2D eigenvalue weighted by atomic mass is 10.0. The van der Waals surface area contributed by atoms with Crippen LogP contribution >= 0.6 is 0 Å². The van der Waals surface area contributed by atoms with Gasteiger partial charge < -0.3 is 10.6 Å². The number of piperazine rings is 1. The molecule has 1 unspecified atom stereocenters. The Morgan fingerprint density at radius 3 is 2.26 bits per heavy atom. The van der Waals surface area contributed by atoms with Crippen LogP contribution in [0.25, 0.3) is 5.65 Å². The van der Waals surface area contributed by atoms with Crippen molar-refractivity contribution in [2.75, 3.05) is 31.1 Å². The number of aryl methyl sites for hydroxylation is 1. The van der Waals surface area contributed by atoms with E-state index < -0.39 is 23.9 Å². The average Bonchev–Trinajstić information content (AvgIpc) is 3.17. The van der Waals surface area contributed by atoms with Crippen LogP contribution in [0, 0.1) is 13.8 Å². The molecule has 0 aliphatic carbocycles. The van der Waals surface area contributed by atoms with E-state index in [-0.39, 0.29) is 5.65 Å². The number of alkyl halides is 3. The second kappa shape index (κ2) is 7.80. The summed E-state index contributed by atoms with van der Waals surface area (Å²) in [5.41, 5.74) is 7.91. The van der Waals surface area contributed by atoms with Gasteiger partial charge in [0.15, 0.2) is 11.5 Å². The van der Waals surface area contributed by atoms with Crippen LogP contribution in [0.4, 0.5) is 19.0 Å². The van der Waals surface area contributed by atoms with Gasteiger partial charge in [0.05, 0.1) is 0 Å². The van der Waals surface area contributed by atoms with Gasteiger partial charge >= 0.3 is 6.18 Å². The van der Waals surface area contributed by atoms with Crippen molar-refractivity contribution >= 4 is 17.4 Å². The number of carbonyl (C=O) groups excluding carboxylic acids is 1. The molecular weight excluding hydrogens is 411 g/mol.